The van der Waals surface area contributed by atoms with Gasteiger partial charge in [0.15, 0.2) is 0 Å². The molecule has 1 aliphatic rings. The molecule has 1 saturated carbocycles. The molecule has 0 N–H and O–H groups in total. The molecule has 17 heavy (non-hydrogen) atoms. The molecule has 1 fully saturated rings. The minimum Gasteiger partial charge on any atom is -0.0785 e. The van der Waals surface area contributed by atoms with Crippen LogP contribution in [0.3, 0.4) is 0 Å². The second-order valence-electron chi connectivity index (χ2n) is 7.06. The third-order valence-electron chi connectivity index (χ3n) is 5.26. The Kier molecular flexibility index (Phi) is 5.38. The molecular formula is C16H31I. The van der Waals surface area contributed by atoms with Crippen molar-refractivity contribution in [2.75, 3.05) is 0 Å². The molecular weight excluding hydrogens is 319 g/mol. The van der Waals surface area contributed by atoms with Crippen LogP contribution in [0.25, 0.3) is 0 Å². The van der Waals surface area contributed by atoms with Crippen molar-refractivity contribution in [2.45, 2.75) is 64.7 Å². The average Bonchev–Trinajstić information content (AvgIpc) is 2.48. The van der Waals surface area contributed by atoms with Crippen LogP contribution >= 0.6 is 22.6 Å². The van der Waals surface area contributed by atoms with Crippen molar-refractivity contribution in [3.05, 3.63) is 0 Å². The van der Waals surface area contributed by atoms with Gasteiger partial charge in [-0.2, -0.15) is 0 Å². The summed E-state index contributed by atoms with van der Waals surface area (Å²) in [5.74, 6) is 5.27. The van der Waals surface area contributed by atoms with E-state index in [0.29, 0.717) is 3.42 Å². The molecule has 1 aliphatic carbocycles. The van der Waals surface area contributed by atoms with Crippen LogP contribution < -0.4 is 0 Å². The summed E-state index contributed by atoms with van der Waals surface area (Å²) in [4.78, 5) is 0. The molecule has 102 valence electrons. The van der Waals surface area contributed by atoms with E-state index in [-0.39, 0.29) is 0 Å². The molecule has 0 bridgehead atoms. The van der Waals surface area contributed by atoms with E-state index >= 15 is 0 Å². The molecule has 0 nitrogen and oxygen atoms in total. The van der Waals surface area contributed by atoms with Gasteiger partial charge < -0.3 is 0 Å². The maximum atomic E-state index is 2.79. The maximum absolute atomic E-state index is 2.79. The van der Waals surface area contributed by atoms with Crippen molar-refractivity contribution in [2.24, 2.45) is 35.5 Å². The van der Waals surface area contributed by atoms with E-state index < -0.39 is 0 Å². The summed E-state index contributed by atoms with van der Waals surface area (Å²) < 4.78 is 0.494. The minimum absolute atomic E-state index is 0.494. The molecule has 0 aliphatic heterocycles. The standard InChI is InChI=1S/C16H31I/c1-8-12(6)13-9-14(10(2)3)16(7,17)15(13)11(4)5/h10-15H,8-9H2,1-7H3/t12?,13?,14?,15?,16-/m0/s1. The first kappa shape index (κ1) is 15.8. The third-order valence-corrected chi connectivity index (χ3v) is 6.78. The molecule has 0 amide bonds. The fourth-order valence-corrected chi connectivity index (χ4v) is 6.45. The van der Waals surface area contributed by atoms with E-state index in [1.165, 1.54) is 12.8 Å². The van der Waals surface area contributed by atoms with E-state index in [2.05, 4.69) is 71.1 Å². The monoisotopic (exact) mass is 350 g/mol. The quantitative estimate of drug-likeness (QED) is 0.445. The molecule has 1 heteroatoms. The second kappa shape index (κ2) is 5.79. The van der Waals surface area contributed by atoms with Crippen LogP contribution in [0.1, 0.15) is 61.3 Å². The SMILES string of the molecule is CCC(C)C1CC(C(C)C)[C@](C)(I)C1C(C)C. The van der Waals surface area contributed by atoms with Gasteiger partial charge in [-0.15, -0.1) is 0 Å². The third kappa shape index (κ3) is 3.01. The number of alkyl halides is 1. The zero-order chi connectivity index (χ0) is 13.4. The first-order chi connectivity index (χ1) is 7.73. The Hall–Kier alpha value is 0.730. The predicted octanol–water partition coefficient (Wildman–Crippen LogP) is 5.79. The Morgan fingerprint density at radius 2 is 1.65 bits per heavy atom. The van der Waals surface area contributed by atoms with Crippen molar-refractivity contribution in [3.8, 4) is 0 Å². The predicted molar refractivity (Wildman–Crippen MR) is 86.6 cm³/mol. The van der Waals surface area contributed by atoms with Crippen molar-refractivity contribution in [3.63, 3.8) is 0 Å². The average molecular weight is 350 g/mol. The molecule has 1 rings (SSSR count). The Labute approximate surface area is 122 Å². The lowest BCUT2D eigenvalue weighted by Crippen LogP contribution is -2.37. The first-order valence-corrected chi connectivity index (χ1v) is 8.50. The van der Waals surface area contributed by atoms with Gasteiger partial charge in [0.25, 0.3) is 0 Å². The normalized spacial score (nSPS) is 40.2. The zero-order valence-corrected chi connectivity index (χ0v) is 14.9. The van der Waals surface area contributed by atoms with Crippen LogP contribution in [0.4, 0.5) is 0 Å². The number of halogens is 1. The summed E-state index contributed by atoms with van der Waals surface area (Å²) >= 11 is 2.79. The number of hydrogen-bond donors (Lipinski definition) is 0. The lowest BCUT2D eigenvalue weighted by molar-refractivity contribution is 0.202. The summed E-state index contributed by atoms with van der Waals surface area (Å²) in [5, 5.41) is 0. The summed E-state index contributed by atoms with van der Waals surface area (Å²) in [5.41, 5.74) is 0. The minimum atomic E-state index is 0.494. The highest BCUT2D eigenvalue weighted by Crippen LogP contribution is 2.57. The van der Waals surface area contributed by atoms with Crippen LogP contribution in [0.5, 0.6) is 0 Å². The molecule has 0 heterocycles. The molecule has 4 unspecified atom stereocenters. The topological polar surface area (TPSA) is 0 Å². The van der Waals surface area contributed by atoms with Crippen molar-refractivity contribution in [1.82, 2.24) is 0 Å². The number of hydrogen-bond acceptors (Lipinski definition) is 0. The summed E-state index contributed by atoms with van der Waals surface area (Å²) in [6, 6.07) is 0. The van der Waals surface area contributed by atoms with Gasteiger partial charge in [-0.1, -0.05) is 70.6 Å². The van der Waals surface area contributed by atoms with Crippen molar-refractivity contribution >= 4 is 22.6 Å². The highest BCUT2D eigenvalue weighted by atomic mass is 127. The zero-order valence-electron chi connectivity index (χ0n) is 12.8. The molecule has 0 radical (unpaired) electrons. The lowest BCUT2D eigenvalue weighted by Gasteiger charge is -2.38. The maximum Gasteiger partial charge on any atom is 0.0258 e. The lowest BCUT2D eigenvalue weighted by atomic mass is 9.74. The molecule has 0 aromatic rings. The van der Waals surface area contributed by atoms with E-state index in [0.717, 1.165) is 35.5 Å². The second-order valence-corrected chi connectivity index (χ2v) is 9.38. The Morgan fingerprint density at radius 3 is 2.00 bits per heavy atom. The highest BCUT2D eigenvalue weighted by Gasteiger charge is 2.52. The van der Waals surface area contributed by atoms with E-state index in [9.17, 15) is 0 Å². The molecule has 0 aromatic heterocycles. The van der Waals surface area contributed by atoms with E-state index in [4.69, 9.17) is 0 Å². The largest absolute Gasteiger partial charge is 0.0785 e. The van der Waals surface area contributed by atoms with Gasteiger partial charge in [-0.05, 0) is 48.9 Å². The van der Waals surface area contributed by atoms with Gasteiger partial charge in [-0.25, -0.2) is 0 Å². The van der Waals surface area contributed by atoms with Gasteiger partial charge in [-0.3, -0.25) is 0 Å². The summed E-state index contributed by atoms with van der Waals surface area (Å²) in [6.45, 7) is 17.0. The fourth-order valence-electron chi connectivity index (χ4n) is 4.30. The van der Waals surface area contributed by atoms with Crippen LogP contribution in [-0.2, 0) is 0 Å². The van der Waals surface area contributed by atoms with Crippen LogP contribution in [0.15, 0.2) is 0 Å². The first-order valence-electron chi connectivity index (χ1n) is 7.42. The molecule has 0 spiro atoms. The highest BCUT2D eigenvalue weighted by molar-refractivity contribution is 14.1. The van der Waals surface area contributed by atoms with Gasteiger partial charge in [0, 0.05) is 3.42 Å². The van der Waals surface area contributed by atoms with Gasteiger partial charge in [0.2, 0.25) is 0 Å². The van der Waals surface area contributed by atoms with Crippen LogP contribution in [0, 0.1) is 35.5 Å². The summed E-state index contributed by atoms with van der Waals surface area (Å²) in [6.07, 6.45) is 2.79. The van der Waals surface area contributed by atoms with Crippen molar-refractivity contribution < 1.29 is 0 Å². The van der Waals surface area contributed by atoms with E-state index in [1.54, 1.807) is 0 Å². The Bertz CT molecular complexity index is 242. The van der Waals surface area contributed by atoms with Crippen LogP contribution in [-0.4, -0.2) is 3.42 Å². The smallest absolute Gasteiger partial charge is 0.0258 e. The Balaban J connectivity index is 3.01. The Morgan fingerprint density at radius 1 is 1.12 bits per heavy atom. The molecule has 5 atom stereocenters. The molecule has 0 aromatic carbocycles. The van der Waals surface area contributed by atoms with Crippen molar-refractivity contribution in [1.29, 1.82) is 0 Å². The van der Waals surface area contributed by atoms with Gasteiger partial charge in [0.1, 0.15) is 0 Å². The van der Waals surface area contributed by atoms with Gasteiger partial charge in [0.05, 0.1) is 0 Å². The van der Waals surface area contributed by atoms with Gasteiger partial charge >= 0.3 is 0 Å². The summed E-state index contributed by atoms with van der Waals surface area (Å²) in [7, 11) is 0. The van der Waals surface area contributed by atoms with E-state index in [1.807, 2.05) is 0 Å². The number of rotatable bonds is 4. The van der Waals surface area contributed by atoms with Crippen LogP contribution in [0.2, 0.25) is 0 Å². The molecule has 0 saturated heterocycles. The fraction of sp³-hybridized carbons (Fsp3) is 1.00.